The highest BCUT2D eigenvalue weighted by Crippen LogP contribution is 2.26. The van der Waals surface area contributed by atoms with Gasteiger partial charge in [0, 0.05) is 12.5 Å². The molecule has 0 unspecified atom stereocenters. The Bertz CT molecular complexity index is 937. The fraction of sp³-hybridized carbons (Fsp3) is 0.364. The zero-order chi connectivity index (χ0) is 20.8. The lowest BCUT2D eigenvalue weighted by Crippen LogP contribution is -2.34. The Hall–Kier alpha value is -2.67. The monoisotopic (exact) mass is 409 g/mol. The van der Waals surface area contributed by atoms with Crippen LogP contribution < -0.4 is 5.32 Å². The standard InChI is InChI=1S/C22H27N5OS/c1-5-18(19-12-7-6-8-13-19)14-23-21(28)17(4)29-22-24-25-26-27(22)20-15(2)10-9-11-16(20)3/h6-13,17-18H,5,14H2,1-4H3,(H,23,28)/t17-,18-/m0/s1. The fourth-order valence-corrected chi connectivity index (χ4v) is 4.15. The highest BCUT2D eigenvalue weighted by atomic mass is 32.2. The van der Waals surface area contributed by atoms with Gasteiger partial charge in [-0.1, -0.05) is 67.2 Å². The van der Waals surface area contributed by atoms with Crippen molar-refractivity contribution >= 4 is 17.7 Å². The first kappa shape index (κ1) is 21.0. The van der Waals surface area contributed by atoms with Crippen LogP contribution in [0.5, 0.6) is 0 Å². The maximum absolute atomic E-state index is 12.7. The number of thioether (sulfide) groups is 1. The summed E-state index contributed by atoms with van der Waals surface area (Å²) in [6, 6.07) is 16.4. The summed E-state index contributed by atoms with van der Waals surface area (Å²) in [5.74, 6) is 0.290. The SMILES string of the molecule is CC[C@@H](CNC(=O)[C@H](C)Sc1nnnn1-c1c(C)cccc1C)c1ccccc1. The van der Waals surface area contributed by atoms with E-state index in [0.717, 1.165) is 23.2 Å². The van der Waals surface area contributed by atoms with Gasteiger partial charge in [0.25, 0.3) is 0 Å². The van der Waals surface area contributed by atoms with E-state index in [9.17, 15) is 4.79 Å². The number of hydrogen-bond donors (Lipinski definition) is 1. The highest BCUT2D eigenvalue weighted by molar-refractivity contribution is 8.00. The van der Waals surface area contributed by atoms with E-state index < -0.39 is 0 Å². The maximum Gasteiger partial charge on any atom is 0.233 e. The summed E-state index contributed by atoms with van der Waals surface area (Å²) in [5, 5.41) is 15.5. The summed E-state index contributed by atoms with van der Waals surface area (Å²) in [7, 11) is 0. The van der Waals surface area contributed by atoms with Gasteiger partial charge in [0.1, 0.15) is 0 Å². The first-order chi connectivity index (χ1) is 14.0. The molecule has 0 spiro atoms. The predicted molar refractivity (Wildman–Crippen MR) is 116 cm³/mol. The van der Waals surface area contributed by atoms with Gasteiger partial charge in [0.05, 0.1) is 10.9 Å². The minimum Gasteiger partial charge on any atom is -0.355 e. The van der Waals surface area contributed by atoms with Gasteiger partial charge in [0.15, 0.2) is 0 Å². The van der Waals surface area contributed by atoms with E-state index in [2.05, 4.69) is 39.9 Å². The number of amides is 1. The van der Waals surface area contributed by atoms with Crippen molar-refractivity contribution in [1.82, 2.24) is 25.5 Å². The molecule has 1 aromatic heterocycles. The topological polar surface area (TPSA) is 72.7 Å². The number of aromatic nitrogens is 4. The van der Waals surface area contributed by atoms with E-state index >= 15 is 0 Å². The van der Waals surface area contributed by atoms with Gasteiger partial charge in [-0.2, -0.15) is 4.68 Å². The van der Waals surface area contributed by atoms with Gasteiger partial charge < -0.3 is 5.32 Å². The van der Waals surface area contributed by atoms with E-state index in [1.54, 1.807) is 4.68 Å². The molecule has 0 saturated carbocycles. The lowest BCUT2D eigenvalue weighted by atomic mass is 9.96. The lowest BCUT2D eigenvalue weighted by Gasteiger charge is -2.18. The van der Waals surface area contributed by atoms with Crippen LogP contribution in [0.15, 0.2) is 53.7 Å². The molecule has 0 aliphatic carbocycles. The highest BCUT2D eigenvalue weighted by Gasteiger charge is 2.21. The van der Waals surface area contributed by atoms with Crippen molar-refractivity contribution in [1.29, 1.82) is 0 Å². The number of carbonyl (C=O) groups excluding carboxylic acids is 1. The summed E-state index contributed by atoms with van der Waals surface area (Å²) in [6.45, 7) is 8.70. The number of hydrogen-bond acceptors (Lipinski definition) is 5. The van der Waals surface area contributed by atoms with Gasteiger partial charge in [-0.05, 0) is 54.3 Å². The molecular formula is C22H27N5OS. The van der Waals surface area contributed by atoms with Crippen LogP contribution in [0.4, 0.5) is 0 Å². The Morgan fingerprint density at radius 2 is 1.79 bits per heavy atom. The number of benzene rings is 2. The lowest BCUT2D eigenvalue weighted by molar-refractivity contribution is -0.120. The first-order valence-corrected chi connectivity index (χ1v) is 10.7. The van der Waals surface area contributed by atoms with Crippen LogP contribution in [0.25, 0.3) is 5.69 Å². The fourth-order valence-electron chi connectivity index (χ4n) is 3.33. The summed E-state index contributed by atoms with van der Waals surface area (Å²) in [4.78, 5) is 12.7. The molecule has 2 aromatic carbocycles. The summed E-state index contributed by atoms with van der Waals surface area (Å²) < 4.78 is 1.72. The number of para-hydroxylation sites is 1. The molecule has 7 heteroatoms. The van der Waals surface area contributed by atoms with Gasteiger partial charge in [-0.3, -0.25) is 4.79 Å². The van der Waals surface area contributed by atoms with Crippen molar-refractivity contribution in [3.8, 4) is 5.69 Å². The van der Waals surface area contributed by atoms with E-state index in [1.807, 2.05) is 57.2 Å². The Labute approximate surface area is 176 Å². The molecule has 0 bridgehead atoms. The number of nitrogens with zero attached hydrogens (tertiary/aromatic N) is 4. The average molecular weight is 410 g/mol. The molecule has 1 amide bonds. The van der Waals surface area contributed by atoms with Crippen LogP contribution in [0, 0.1) is 13.8 Å². The minimum atomic E-state index is -0.308. The van der Waals surface area contributed by atoms with Crippen molar-refractivity contribution in [2.45, 2.75) is 50.4 Å². The Balaban J connectivity index is 1.66. The molecule has 1 heterocycles. The van der Waals surface area contributed by atoms with Crippen LogP contribution >= 0.6 is 11.8 Å². The van der Waals surface area contributed by atoms with Crippen molar-refractivity contribution in [2.75, 3.05) is 6.54 Å². The average Bonchev–Trinajstić information content (AvgIpc) is 3.16. The van der Waals surface area contributed by atoms with Gasteiger partial charge in [-0.25, -0.2) is 0 Å². The summed E-state index contributed by atoms with van der Waals surface area (Å²) in [5.41, 5.74) is 4.38. The number of tetrazole rings is 1. The molecule has 6 nitrogen and oxygen atoms in total. The third-order valence-corrected chi connectivity index (χ3v) is 6.06. The minimum absolute atomic E-state index is 0.0135. The van der Waals surface area contributed by atoms with Crippen LogP contribution in [0.2, 0.25) is 0 Å². The summed E-state index contributed by atoms with van der Waals surface area (Å²) in [6.07, 6.45) is 0.969. The molecule has 0 fully saturated rings. The zero-order valence-corrected chi connectivity index (χ0v) is 18.1. The Morgan fingerprint density at radius 1 is 1.10 bits per heavy atom. The van der Waals surface area contributed by atoms with Crippen molar-refractivity contribution < 1.29 is 4.79 Å². The normalized spacial score (nSPS) is 13.1. The third-order valence-electron chi connectivity index (χ3n) is 5.03. The molecule has 0 aliphatic rings. The van der Waals surface area contributed by atoms with Crippen molar-refractivity contribution in [3.05, 3.63) is 65.2 Å². The van der Waals surface area contributed by atoms with Gasteiger partial charge in [-0.15, -0.1) is 5.10 Å². The summed E-state index contributed by atoms with van der Waals surface area (Å²) >= 11 is 1.37. The number of rotatable bonds is 8. The number of aryl methyl sites for hydroxylation is 2. The molecule has 29 heavy (non-hydrogen) atoms. The van der Waals surface area contributed by atoms with Gasteiger partial charge >= 0.3 is 0 Å². The predicted octanol–water partition coefficient (Wildman–Crippen LogP) is 4.07. The van der Waals surface area contributed by atoms with E-state index in [-0.39, 0.29) is 11.2 Å². The van der Waals surface area contributed by atoms with Crippen LogP contribution in [-0.2, 0) is 4.79 Å². The van der Waals surface area contributed by atoms with Crippen LogP contribution in [-0.4, -0.2) is 37.9 Å². The Morgan fingerprint density at radius 3 is 2.45 bits per heavy atom. The third kappa shape index (κ3) is 5.03. The Kier molecular flexibility index (Phi) is 7.04. The largest absolute Gasteiger partial charge is 0.355 e. The van der Waals surface area contributed by atoms with Crippen LogP contribution in [0.1, 0.15) is 42.9 Å². The van der Waals surface area contributed by atoms with E-state index in [4.69, 9.17) is 0 Å². The second kappa shape index (κ2) is 9.69. The van der Waals surface area contributed by atoms with Crippen LogP contribution in [0.3, 0.4) is 0 Å². The molecule has 1 N–H and O–H groups in total. The quantitative estimate of drug-likeness (QED) is 0.568. The van der Waals surface area contributed by atoms with E-state index in [1.165, 1.54) is 17.3 Å². The molecule has 3 aromatic rings. The maximum atomic E-state index is 12.7. The first-order valence-electron chi connectivity index (χ1n) is 9.85. The van der Waals surface area contributed by atoms with Crippen molar-refractivity contribution in [2.24, 2.45) is 0 Å². The molecule has 0 saturated heterocycles. The zero-order valence-electron chi connectivity index (χ0n) is 17.3. The van der Waals surface area contributed by atoms with Crippen molar-refractivity contribution in [3.63, 3.8) is 0 Å². The molecule has 0 radical (unpaired) electrons. The number of carbonyl (C=O) groups is 1. The van der Waals surface area contributed by atoms with E-state index in [0.29, 0.717) is 17.6 Å². The second-order valence-corrected chi connectivity index (χ2v) is 8.44. The molecule has 3 rings (SSSR count). The molecule has 0 aliphatic heterocycles. The second-order valence-electron chi connectivity index (χ2n) is 7.13. The molecule has 2 atom stereocenters. The van der Waals surface area contributed by atoms with Gasteiger partial charge in [0.2, 0.25) is 11.1 Å². The molecule has 152 valence electrons. The smallest absolute Gasteiger partial charge is 0.233 e. The molecular weight excluding hydrogens is 382 g/mol. The number of nitrogens with one attached hydrogen (secondary N) is 1.